The molecule has 3 rings (SSSR count). The maximum atomic E-state index is 12.4. The van der Waals surface area contributed by atoms with Crippen LogP contribution in [0.1, 0.15) is 17.3 Å². The van der Waals surface area contributed by atoms with Gasteiger partial charge in [-0.2, -0.15) is 0 Å². The van der Waals surface area contributed by atoms with Gasteiger partial charge in [-0.1, -0.05) is 12.1 Å². The van der Waals surface area contributed by atoms with E-state index in [2.05, 4.69) is 26.5 Å². The summed E-state index contributed by atoms with van der Waals surface area (Å²) in [5.74, 6) is 0.703. The number of piperazine rings is 1. The molecule has 2 aromatic rings. The predicted molar refractivity (Wildman–Crippen MR) is 115 cm³/mol. The van der Waals surface area contributed by atoms with Gasteiger partial charge in [-0.15, -0.1) is 0 Å². The summed E-state index contributed by atoms with van der Waals surface area (Å²) in [6.45, 7) is 6.28. The first-order valence-corrected chi connectivity index (χ1v) is 9.92. The summed E-state index contributed by atoms with van der Waals surface area (Å²) in [5, 5.41) is 5.47. The van der Waals surface area contributed by atoms with Crippen LogP contribution in [0.2, 0.25) is 0 Å². The largest absolute Gasteiger partial charge is 0.492 e. The summed E-state index contributed by atoms with van der Waals surface area (Å²) >= 11 is 0. The molecule has 0 radical (unpaired) electrons. The second-order valence-electron chi connectivity index (χ2n) is 6.87. The maximum Gasteiger partial charge on any atom is 0.251 e. The van der Waals surface area contributed by atoms with E-state index in [1.54, 1.807) is 31.3 Å². The lowest BCUT2D eigenvalue weighted by Crippen LogP contribution is -2.48. The molecule has 1 fully saturated rings. The summed E-state index contributed by atoms with van der Waals surface area (Å²) in [7, 11) is 1.59. The average molecular weight is 396 g/mol. The van der Waals surface area contributed by atoms with Gasteiger partial charge in [0.1, 0.15) is 5.75 Å². The molecule has 0 spiro atoms. The minimum atomic E-state index is -0.147. The van der Waals surface area contributed by atoms with E-state index >= 15 is 0 Å². The zero-order chi connectivity index (χ0) is 20.6. The third-order valence-electron chi connectivity index (χ3n) is 4.90. The van der Waals surface area contributed by atoms with E-state index in [1.165, 1.54) is 0 Å². The molecule has 0 saturated carbocycles. The molecule has 0 aromatic heterocycles. The van der Waals surface area contributed by atoms with E-state index in [-0.39, 0.29) is 11.8 Å². The topological polar surface area (TPSA) is 73.9 Å². The van der Waals surface area contributed by atoms with Gasteiger partial charge in [-0.3, -0.25) is 14.5 Å². The van der Waals surface area contributed by atoms with E-state index in [1.807, 2.05) is 25.1 Å². The van der Waals surface area contributed by atoms with Crippen molar-refractivity contribution in [3.05, 3.63) is 54.1 Å². The number of carbonyl (C=O) groups excluding carboxylic acids is 2. The molecule has 7 heteroatoms. The van der Waals surface area contributed by atoms with Crippen molar-refractivity contribution < 1.29 is 14.3 Å². The molecule has 1 saturated heterocycles. The van der Waals surface area contributed by atoms with Gasteiger partial charge in [0, 0.05) is 44.5 Å². The second-order valence-corrected chi connectivity index (χ2v) is 6.87. The SMILES string of the molecule is CCOc1ccccc1N1CCN(CC(=O)Nc2ccc(C(=O)NC)cc2)CC1. The van der Waals surface area contributed by atoms with Crippen LogP contribution in [0.3, 0.4) is 0 Å². The fraction of sp³-hybridized carbons (Fsp3) is 0.364. The zero-order valence-corrected chi connectivity index (χ0v) is 17.0. The molecule has 1 aliphatic heterocycles. The van der Waals surface area contributed by atoms with Gasteiger partial charge in [-0.05, 0) is 43.3 Å². The number of rotatable bonds is 7. The molecule has 7 nitrogen and oxygen atoms in total. The van der Waals surface area contributed by atoms with Crippen LogP contribution in [0.25, 0.3) is 0 Å². The Labute approximate surface area is 171 Å². The summed E-state index contributed by atoms with van der Waals surface area (Å²) in [6.07, 6.45) is 0. The van der Waals surface area contributed by atoms with Gasteiger partial charge in [-0.25, -0.2) is 0 Å². The van der Waals surface area contributed by atoms with Gasteiger partial charge < -0.3 is 20.3 Å². The minimum Gasteiger partial charge on any atom is -0.492 e. The van der Waals surface area contributed by atoms with Gasteiger partial charge in [0.2, 0.25) is 5.91 Å². The van der Waals surface area contributed by atoms with E-state index in [0.717, 1.165) is 37.6 Å². The molecular weight excluding hydrogens is 368 g/mol. The standard InChI is InChI=1S/C22H28N4O3/c1-3-29-20-7-5-4-6-19(20)26-14-12-25(13-15-26)16-21(27)24-18-10-8-17(9-11-18)22(28)23-2/h4-11H,3,12-16H2,1-2H3,(H,23,28)(H,24,27). The van der Waals surface area contributed by atoms with Crippen molar-refractivity contribution in [2.24, 2.45) is 0 Å². The minimum absolute atomic E-state index is 0.0548. The van der Waals surface area contributed by atoms with Crippen molar-refractivity contribution in [3.63, 3.8) is 0 Å². The first-order chi connectivity index (χ1) is 14.1. The smallest absolute Gasteiger partial charge is 0.251 e. The number of carbonyl (C=O) groups is 2. The molecule has 0 unspecified atom stereocenters. The summed E-state index contributed by atoms with van der Waals surface area (Å²) < 4.78 is 5.73. The summed E-state index contributed by atoms with van der Waals surface area (Å²) in [6, 6.07) is 15.0. The number of amides is 2. The molecular formula is C22H28N4O3. The lowest BCUT2D eigenvalue weighted by Gasteiger charge is -2.36. The van der Waals surface area contributed by atoms with Gasteiger partial charge in [0.05, 0.1) is 18.8 Å². The van der Waals surface area contributed by atoms with Gasteiger partial charge >= 0.3 is 0 Å². The Morgan fingerprint density at radius 1 is 1.00 bits per heavy atom. The number of nitrogens with one attached hydrogen (secondary N) is 2. The fourth-order valence-corrected chi connectivity index (χ4v) is 3.40. The number of anilines is 2. The average Bonchev–Trinajstić information content (AvgIpc) is 2.75. The van der Waals surface area contributed by atoms with Crippen molar-refractivity contribution >= 4 is 23.2 Å². The molecule has 2 N–H and O–H groups in total. The molecule has 154 valence electrons. The van der Waals surface area contributed by atoms with Crippen LogP contribution in [-0.4, -0.2) is 63.1 Å². The van der Waals surface area contributed by atoms with Crippen molar-refractivity contribution in [2.75, 3.05) is 56.6 Å². The highest BCUT2D eigenvalue weighted by atomic mass is 16.5. The van der Waals surface area contributed by atoms with Crippen LogP contribution >= 0.6 is 0 Å². The highest BCUT2D eigenvalue weighted by Gasteiger charge is 2.21. The Morgan fingerprint density at radius 2 is 1.69 bits per heavy atom. The normalized spacial score (nSPS) is 14.3. The van der Waals surface area contributed by atoms with E-state index in [4.69, 9.17) is 4.74 Å². The molecule has 1 aliphatic rings. The van der Waals surface area contributed by atoms with Crippen molar-refractivity contribution in [1.82, 2.24) is 10.2 Å². The number of ether oxygens (including phenoxy) is 1. The Balaban J connectivity index is 1.49. The highest BCUT2D eigenvalue weighted by Crippen LogP contribution is 2.28. The Bertz CT molecular complexity index is 830. The molecule has 0 aliphatic carbocycles. The number of nitrogens with zero attached hydrogens (tertiary/aromatic N) is 2. The number of hydrogen-bond acceptors (Lipinski definition) is 5. The van der Waals surface area contributed by atoms with Crippen molar-refractivity contribution in [1.29, 1.82) is 0 Å². The van der Waals surface area contributed by atoms with Crippen molar-refractivity contribution in [2.45, 2.75) is 6.92 Å². The van der Waals surface area contributed by atoms with Gasteiger partial charge in [0.15, 0.2) is 0 Å². The van der Waals surface area contributed by atoms with Crippen LogP contribution in [-0.2, 0) is 4.79 Å². The molecule has 2 aromatic carbocycles. The molecule has 29 heavy (non-hydrogen) atoms. The van der Waals surface area contributed by atoms with E-state index in [9.17, 15) is 9.59 Å². The van der Waals surface area contributed by atoms with Crippen LogP contribution < -0.4 is 20.3 Å². The van der Waals surface area contributed by atoms with Crippen molar-refractivity contribution in [3.8, 4) is 5.75 Å². The fourth-order valence-electron chi connectivity index (χ4n) is 3.40. The summed E-state index contributed by atoms with van der Waals surface area (Å²) in [5.41, 5.74) is 2.36. The third-order valence-corrected chi connectivity index (χ3v) is 4.90. The Morgan fingerprint density at radius 3 is 2.34 bits per heavy atom. The first kappa shape index (κ1) is 20.7. The third kappa shape index (κ3) is 5.48. The Kier molecular flexibility index (Phi) is 7.08. The van der Waals surface area contributed by atoms with Crippen LogP contribution in [0.15, 0.2) is 48.5 Å². The summed E-state index contributed by atoms with van der Waals surface area (Å²) in [4.78, 5) is 28.4. The number of benzene rings is 2. The van der Waals surface area contributed by atoms with Crippen LogP contribution in [0, 0.1) is 0 Å². The molecule has 0 bridgehead atoms. The number of para-hydroxylation sites is 2. The number of hydrogen-bond donors (Lipinski definition) is 2. The lowest BCUT2D eigenvalue weighted by atomic mass is 10.2. The second kappa shape index (κ2) is 9.93. The molecule has 1 heterocycles. The van der Waals surface area contributed by atoms with Crippen LogP contribution in [0.5, 0.6) is 5.75 Å². The highest BCUT2D eigenvalue weighted by molar-refractivity contribution is 5.96. The van der Waals surface area contributed by atoms with E-state index in [0.29, 0.717) is 24.4 Å². The Hall–Kier alpha value is -3.06. The van der Waals surface area contributed by atoms with Gasteiger partial charge in [0.25, 0.3) is 5.91 Å². The quantitative estimate of drug-likeness (QED) is 0.751. The molecule has 2 amide bonds. The maximum absolute atomic E-state index is 12.4. The first-order valence-electron chi connectivity index (χ1n) is 9.92. The van der Waals surface area contributed by atoms with Crippen LogP contribution in [0.4, 0.5) is 11.4 Å². The molecule has 0 atom stereocenters. The predicted octanol–water partition coefficient (Wildman–Crippen LogP) is 2.21. The lowest BCUT2D eigenvalue weighted by molar-refractivity contribution is -0.117. The zero-order valence-electron chi connectivity index (χ0n) is 17.0. The monoisotopic (exact) mass is 396 g/mol. The van der Waals surface area contributed by atoms with E-state index < -0.39 is 0 Å².